The van der Waals surface area contributed by atoms with Crippen molar-refractivity contribution in [2.75, 3.05) is 71.5 Å². The lowest BCUT2D eigenvalue weighted by atomic mass is 8.44. The van der Waals surface area contributed by atoms with Crippen molar-refractivity contribution >= 4 is 167 Å². The summed E-state index contributed by atoms with van der Waals surface area (Å²) < 4.78 is 56.5. The van der Waals surface area contributed by atoms with E-state index in [0.717, 1.165) is 46.7 Å². The first-order valence-corrected chi connectivity index (χ1v) is 24.1. The highest BCUT2D eigenvalue weighted by atomic mass is 19.1. The summed E-state index contributed by atoms with van der Waals surface area (Å²) in [5.74, 6) is -1.16. The average Bonchev–Trinajstić information content (AvgIpc) is 4.14. The minimum Gasteiger partial charge on any atom is -0.452 e. The van der Waals surface area contributed by atoms with Crippen molar-refractivity contribution in [3.05, 3.63) is 88.8 Å². The van der Waals surface area contributed by atoms with Gasteiger partial charge in [-0.15, -0.1) is 0 Å². The van der Waals surface area contributed by atoms with Crippen molar-refractivity contribution < 1.29 is 41.8 Å². The second kappa shape index (κ2) is 28.0. The van der Waals surface area contributed by atoms with Gasteiger partial charge in [0.25, 0.3) is 0 Å². The third kappa shape index (κ3) is 17.5. The number of amides is 3. The predicted octanol–water partition coefficient (Wildman–Crippen LogP) is 2.73. The van der Waals surface area contributed by atoms with Crippen LogP contribution in [0.25, 0.3) is 0 Å². The second-order valence-corrected chi connectivity index (χ2v) is 20.2. The Morgan fingerprint density at radius 1 is 0.711 bits per heavy atom. The van der Waals surface area contributed by atoms with E-state index in [1.54, 1.807) is 57.4 Å². The van der Waals surface area contributed by atoms with E-state index in [1.807, 2.05) is 20.8 Å². The van der Waals surface area contributed by atoms with E-state index in [-0.39, 0.29) is 30.7 Å². The number of ether oxygens (including phenoxy) is 3. The van der Waals surface area contributed by atoms with Gasteiger partial charge in [0.05, 0.1) is 54.1 Å². The van der Waals surface area contributed by atoms with E-state index in [4.69, 9.17) is 84.8 Å². The number of carbonyl (C=O) groups excluding carboxylic acids is 3. The van der Waals surface area contributed by atoms with Crippen LogP contribution in [0.3, 0.4) is 0 Å². The molecule has 0 aliphatic carbocycles. The van der Waals surface area contributed by atoms with Crippen LogP contribution < -0.4 is 30.7 Å². The summed E-state index contributed by atoms with van der Waals surface area (Å²) in [5, 5.41) is 2.78. The number of aromatic amines is 1. The first-order chi connectivity index (χ1) is 34.9. The molecule has 1 aromatic heterocycles. The highest BCUT2D eigenvalue weighted by molar-refractivity contribution is 8.13. The third-order valence-corrected chi connectivity index (χ3v) is 12.2. The van der Waals surface area contributed by atoms with Crippen LogP contribution in [0.1, 0.15) is 71.4 Å². The number of anilines is 6. The zero-order valence-electron chi connectivity index (χ0n) is 44.2. The zero-order valence-corrected chi connectivity index (χ0v) is 44.2. The molecule has 3 aromatic carbocycles. The third-order valence-electron chi connectivity index (χ3n) is 12.2. The molecule has 3 amide bonds. The summed E-state index contributed by atoms with van der Waals surface area (Å²) in [7, 11) is 54.8. The Labute approximate surface area is 462 Å². The van der Waals surface area contributed by atoms with Crippen LogP contribution in [-0.2, 0) is 40.0 Å². The Morgan fingerprint density at radius 3 is 1.63 bits per heavy atom. The van der Waals surface area contributed by atoms with Crippen LogP contribution in [0.2, 0.25) is 0 Å². The quantitative estimate of drug-likeness (QED) is 0.123. The fourth-order valence-corrected chi connectivity index (χ4v) is 8.53. The number of fused-ring (bicyclic) bond motifs is 3. The Hall–Kier alpha value is -5.09. The van der Waals surface area contributed by atoms with Crippen LogP contribution in [0.5, 0.6) is 0 Å². The number of benzene rings is 3. The molecule has 0 spiro atoms. The van der Waals surface area contributed by atoms with Crippen molar-refractivity contribution in [3.8, 4) is 0 Å². The Bertz CT molecular complexity index is 2580. The lowest BCUT2D eigenvalue weighted by Gasteiger charge is -2.37. The molecule has 0 saturated carbocycles. The molecule has 3 aliphatic rings. The summed E-state index contributed by atoms with van der Waals surface area (Å²) in [6.45, 7) is 13.4. The number of nitrogens with zero attached hydrogens (tertiary/aromatic N) is 5. The van der Waals surface area contributed by atoms with E-state index in [0.29, 0.717) is 43.9 Å². The molecule has 14 nitrogen and oxygen atoms in total. The highest BCUT2D eigenvalue weighted by Crippen LogP contribution is 2.36. The Kier molecular flexibility index (Phi) is 24.0. The number of nitrogen functional groups attached to an aromatic ring is 1. The normalized spacial score (nSPS) is 12.7. The molecule has 33 heteroatoms. The van der Waals surface area contributed by atoms with Crippen LogP contribution in [-0.4, -0.2) is 195 Å². The SMILES string of the molecule is C.CC(C)(C)OC(=O)N1CCc2cc(F)c(N)cc21.CNc1cc2c(cc1F)CCN2C(=O)OC(C)(C)C.COC(=O)N(C)c1cc2c(cc1F)CCN2Cc1cnc[nH]1.[B]B([B])B([B])B(B([B])[B])B(B([B])[B])B([B])[B]. The molecule has 0 atom stereocenters. The molecule has 3 aliphatic heterocycles. The van der Waals surface area contributed by atoms with Gasteiger partial charge < -0.3 is 35.1 Å². The number of H-pyrrole nitrogens is 1. The van der Waals surface area contributed by atoms with Gasteiger partial charge in [0.2, 0.25) is 0 Å². The van der Waals surface area contributed by atoms with Crippen molar-refractivity contribution in [1.29, 1.82) is 0 Å². The minimum absolute atomic E-state index is 0. The van der Waals surface area contributed by atoms with Gasteiger partial charge in [-0.05, 0) is 114 Å². The molecule has 4 aromatic rings. The fourth-order valence-electron chi connectivity index (χ4n) is 8.53. The molecule has 0 unspecified atom stereocenters. The van der Waals surface area contributed by atoms with Crippen LogP contribution >= 0.6 is 0 Å². The maximum atomic E-state index is 14.2. The Balaban J connectivity index is 0.000000268. The van der Waals surface area contributed by atoms with Gasteiger partial charge in [-0.2, -0.15) is 0 Å². The number of hydrogen-bond acceptors (Lipinski definition) is 10. The summed E-state index contributed by atoms with van der Waals surface area (Å²) in [6, 6.07) is 9.20. The number of imidazole rings is 1. The molecule has 4 heterocycles. The number of rotatable bonds is 10. The standard InChI is InChI=1S/C15H17FN4O2.C14H19FN2O2.C13H17FN2O2.CH4.B16/c1-19(15(21)22-2)14-6-13-10(5-12(14)16)3-4-20(13)8-11-7-17-9-18-11;1-14(2,3)19-13(18)17-6-5-9-7-10(15)11(16-4)8-12(9)17;1-13(2,3)18-12(17)16-5-4-8-6-9(14)10(15)7-11(8)16;;1-10(2)14(9)16(13(7)8)15(11(3)4)12(5)6/h5-7,9H,3-4,8H2,1-2H3,(H,17,18);7-8,16H,5-6H2,1-4H3;6-7H,4-5,15H2,1-3H3;1H4;. The van der Waals surface area contributed by atoms with Gasteiger partial charge >= 0.3 is 18.3 Å². The molecule has 76 heavy (non-hydrogen) atoms. The summed E-state index contributed by atoms with van der Waals surface area (Å²) in [5.41, 5.74) is 10.9. The Morgan fingerprint density at radius 2 is 1.18 bits per heavy atom. The molecule has 18 radical (unpaired) electrons. The molecule has 0 bridgehead atoms. The van der Waals surface area contributed by atoms with Gasteiger partial charge in [-0.25, -0.2) is 32.5 Å². The monoisotopic (exact) mass is 1010 g/mol. The van der Waals surface area contributed by atoms with Gasteiger partial charge in [-0.3, -0.25) is 14.7 Å². The van der Waals surface area contributed by atoms with Crippen molar-refractivity contribution in [2.45, 2.75) is 86.0 Å². The van der Waals surface area contributed by atoms with Crippen molar-refractivity contribution in [3.63, 3.8) is 0 Å². The number of aromatic nitrogens is 2. The van der Waals surface area contributed by atoms with Gasteiger partial charge in [0.15, 0.2) is 0 Å². The number of carbonyl (C=O) groups is 3. The van der Waals surface area contributed by atoms with Crippen molar-refractivity contribution in [2.24, 2.45) is 0 Å². The summed E-state index contributed by atoms with van der Waals surface area (Å²) in [4.78, 5) is 49.1. The van der Waals surface area contributed by atoms with Gasteiger partial charge in [-0.1, -0.05) is 7.43 Å². The maximum Gasteiger partial charge on any atom is 0.414 e. The lowest BCUT2D eigenvalue weighted by molar-refractivity contribution is 0.0573. The minimum atomic E-state index is -0.807. The molecule has 0 fully saturated rings. The van der Waals surface area contributed by atoms with Gasteiger partial charge in [0.1, 0.15) is 28.7 Å². The van der Waals surface area contributed by atoms with E-state index in [2.05, 4.69) is 24.9 Å². The van der Waals surface area contributed by atoms with E-state index in [1.165, 1.54) is 48.2 Å². The van der Waals surface area contributed by atoms with Gasteiger partial charge in [0, 0.05) is 160 Å². The zero-order chi connectivity index (χ0) is 56.4. The van der Waals surface area contributed by atoms with E-state index in [9.17, 15) is 27.6 Å². The predicted molar refractivity (Wildman–Crippen MR) is 321 cm³/mol. The lowest BCUT2D eigenvalue weighted by Crippen LogP contribution is -2.75. The summed E-state index contributed by atoms with van der Waals surface area (Å²) in [6.07, 6.45) is -0.990. The number of halogens is 3. The van der Waals surface area contributed by atoms with E-state index < -0.39 is 79.7 Å². The topological polar surface area (TPSA) is 159 Å². The molecule has 0 saturated heterocycles. The van der Waals surface area contributed by atoms with Crippen LogP contribution in [0.4, 0.5) is 61.7 Å². The number of methoxy groups -OCH3 is 1. The number of hydrogen-bond donors (Lipinski definition) is 3. The highest BCUT2D eigenvalue weighted by Gasteiger charge is 2.39. The molecular weight excluding hydrogens is 955 g/mol. The molecule has 374 valence electrons. The van der Waals surface area contributed by atoms with Crippen LogP contribution in [0, 0.1) is 17.5 Å². The number of nitrogens with two attached hydrogens (primary N) is 1. The van der Waals surface area contributed by atoms with E-state index >= 15 is 0 Å². The largest absolute Gasteiger partial charge is 0.452 e. The maximum absolute atomic E-state index is 14.2. The molecule has 7 rings (SSSR count). The van der Waals surface area contributed by atoms with Crippen LogP contribution in [0.15, 0.2) is 48.9 Å². The molecular formula is C43H57B16F3N8O6. The smallest absolute Gasteiger partial charge is 0.414 e. The molecule has 4 N–H and O–H groups in total. The first kappa shape index (κ1) is 65.2. The number of nitrogens with one attached hydrogen (secondary N) is 2. The second-order valence-electron chi connectivity index (χ2n) is 20.2. The fraction of sp³-hybridized carbons (Fsp3) is 0.442. The average molecular weight is 1010 g/mol. The summed E-state index contributed by atoms with van der Waals surface area (Å²) >= 11 is 0. The van der Waals surface area contributed by atoms with Crippen molar-refractivity contribution in [1.82, 2.24) is 9.97 Å². The first-order valence-electron chi connectivity index (χ1n) is 24.1.